The van der Waals surface area contributed by atoms with E-state index in [-0.39, 0.29) is 0 Å². The molecule has 2 heterocycles. The third-order valence-electron chi connectivity index (χ3n) is 9.85. The summed E-state index contributed by atoms with van der Waals surface area (Å²) >= 11 is 1.88. The lowest BCUT2D eigenvalue weighted by atomic mass is 9.88. The standard InChI is InChI=1S/C47H29NS/c1-3-12-30(13-4-1)43-27-34(28-44(48-43)31-14-5-2-6-15-31)32-22-25-41-42(26-32)37-17-8-7-16-36(37)40-20-11-19-35(47(40)41)33-23-24-39-38-18-9-10-21-45(38)49-46(39)29-33/h1-29H. The van der Waals surface area contributed by atoms with Gasteiger partial charge in [-0.1, -0.05) is 146 Å². The number of benzene rings is 8. The lowest BCUT2D eigenvalue weighted by molar-refractivity contribution is 1.32. The Hall–Kier alpha value is -6.09. The van der Waals surface area contributed by atoms with Gasteiger partial charge in [0.05, 0.1) is 11.4 Å². The number of pyridine rings is 1. The van der Waals surface area contributed by atoms with E-state index >= 15 is 0 Å². The average Bonchev–Trinajstić information content (AvgIpc) is 3.56. The van der Waals surface area contributed by atoms with Crippen LogP contribution in [0.5, 0.6) is 0 Å². The van der Waals surface area contributed by atoms with Gasteiger partial charge in [-0.2, -0.15) is 0 Å². The van der Waals surface area contributed by atoms with Gasteiger partial charge in [0.15, 0.2) is 0 Å². The van der Waals surface area contributed by atoms with E-state index in [1.807, 2.05) is 11.3 Å². The Balaban J connectivity index is 1.22. The van der Waals surface area contributed by atoms with Crippen LogP contribution in [0.2, 0.25) is 0 Å². The normalized spacial score (nSPS) is 11.7. The van der Waals surface area contributed by atoms with Crippen LogP contribution in [-0.2, 0) is 0 Å². The Kier molecular flexibility index (Phi) is 6.43. The van der Waals surface area contributed by atoms with E-state index in [9.17, 15) is 0 Å². The summed E-state index contributed by atoms with van der Waals surface area (Å²) in [5.74, 6) is 0. The molecule has 0 aliphatic carbocycles. The highest BCUT2D eigenvalue weighted by molar-refractivity contribution is 7.25. The van der Waals surface area contributed by atoms with Gasteiger partial charge < -0.3 is 0 Å². The molecule has 0 amide bonds. The molecule has 0 saturated heterocycles. The van der Waals surface area contributed by atoms with Crippen molar-refractivity contribution in [3.63, 3.8) is 0 Å². The Morgan fingerprint density at radius 1 is 0.306 bits per heavy atom. The van der Waals surface area contributed by atoms with Crippen LogP contribution in [0.4, 0.5) is 0 Å². The number of aromatic nitrogens is 1. The number of rotatable bonds is 4. The molecular formula is C47H29NS. The highest BCUT2D eigenvalue weighted by atomic mass is 32.1. The van der Waals surface area contributed by atoms with Gasteiger partial charge in [0.25, 0.3) is 0 Å². The summed E-state index contributed by atoms with van der Waals surface area (Å²) in [5, 5.41) is 10.3. The molecule has 228 valence electrons. The van der Waals surface area contributed by atoms with Crippen molar-refractivity contribution in [2.75, 3.05) is 0 Å². The summed E-state index contributed by atoms with van der Waals surface area (Å²) < 4.78 is 2.66. The maximum absolute atomic E-state index is 5.13. The van der Waals surface area contributed by atoms with E-state index in [0.29, 0.717) is 0 Å². The van der Waals surface area contributed by atoms with Gasteiger partial charge in [0.1, 0.15) is 0 Å². The number of thiophene rings is 1. The summed E-state index contributed by atoms with van der Waals surface area (Å²) in [6.07, 6.45) is 0. The third kappa shape index (κ3) is 4.64. The van der Waals surface area contributed by atoms with Crippen molar-refractivity contribution in [3.05, 3.63) is 176 Å². The van der Waals surface area contributed by atoms with E-state index < -0.39 is 0 Å². The maximum atomic E-state index is 5.13. The zero-order valence-electron chi connectivity index (χ0n) is 26.6. The zero-order valence-corrected chi connectivity index (χ0v) is 27.4. The van der Waals surface area contributed by atoms with E-state index in [2.05, 4.69) is 176 Å². The zero-order chi connectivity index (χ0) is 32.3. The number of hydrogen-bond donors (Lipinski definition) is 0. The maximum Gasteiger partial charge on any atom is 0.0715 e. The van der Waals surface area contributed by atoms with Crippen LogP contribution in [0.3, 0.4) is 0 Å². The second-order valence-electron chi connectivity index (χ2n) is 12.7. The van der Waals surface area contributed by atoms with Gasteiger partial charge in [-0.3, -0.25) is 0 Å². The molecule has 0 aliphatic heterocycles. The summed E-state index contributed by atoms with van der Waals surface area (Å²) in [7, 11) is 0. The molecule has 8 aromatic carbocycles. The lowest BCUT2D eigenvalue weighted by Gasteiger charge is -2.16. The Morgan fingerprint density at radius 2 is 0.857 bits per heavy atom. The van der Waals surface area contributed by atoms with Crippen LogP contribution >= 0.6 is 11.3 Å². The van der Waals surface area contributed by atoms with Crippen LogP contribution in [0.15, 0.2) is 176 Å². The molecule has 0 N–H and O–H groups in total. The van der Waals surface area contributed by atoms with Crippen LogP contribution in [0, 0.1) is 0 Å². The summed E-state index contributed by atoms with van der Waals surface area (Å²) in [5.41, 5.74) is 9.01. The van der Waals surface area contributed by atoms with Gasteiger partial charge in [0.2, 0.25) is 0 Å². The molecule has 0 radical (unpaired) electrons. The fourth-order valence-corrected chi connectivity index (χ4v) is 8.67. The summed E-state index contributed by atoms with van der Waals surface area (Å²) in [6, 6.07) is 63.8. The van der Waals surface area contributed by atoms with Crippen molar-refractivity contribution in [3.8, 4) is 44.8 Å². The van der Waals surface area contributed by atoms with Gasteiger partial charge in [-0.25, -0.2) is 4.98 Å². The summed E-state index contributed by atoms with van der Waals surface area (Å²) in [6.45, 7) is 0. The molecule has 10 aromatic rings. The van der Waals surface area contributed by atoms with Gasteiger partial charge in [-0.05, 0) is 84.9 Å². The molecule has 0 unspecified atom stereocenters. The van der Waals surface area contributed by atoms with Crippen molar-refractivity contribution >= 4 is 63.8 Å². The smallest absolute Gasteiger partial charge is 0.0715 e. The van der Waals surface area contributed by atoms with Crippen LogP contribution in [0.1, 0.15) is 0 Å². The molecule has 0 spiro atoms. The molecule has 2 aromatic heterocycles. The minimum atomic E-state index is 0.972. The van der Waals surface area contributed by atoms with E-state index in [0.717, 1.165) is 28.1 Å². The second-order valence-corrected chi connectivity index (χ2v) is 13.8. The van der Waals surface area contributed by atoms with Gasteiger partial charge in [0, 0.05) is 31.3 Å². The van der Waals surface area contributed by atoms with Crippen molar-refractivity contribution in [1.29, 1.82) is 0 Å². The van der Waals surface area contributed by atoms with Crippen LogP contribution < -0.4 is 0 Å². The molecular weight excluding hydrogens is 611 g/mol. The third-order valence-corrected chi connectivity index (χ3v) is 11.0. The Morgan fingerprint density at radius 3 is 1.59 bits per heavy atom. The fourth-order valence-electron chi connectivity index (χ4n) is 7.53. The van der Waals surface area contributed by atoms with Crippen LogP contribution in [0.25, 0.3) is 97.3 Å². The van der Waals surface area contributed by atoms with Crippen molar-refractivity contribution < 1.29 is 0 Å². The monoisotopic (exact) mass is 639 g/mol. The Bertz CT molecular complexity index is 2810. The molecule has 1 nitrogen and oxygen atoms in total. The minimum absolute atomic E-state index is 0.972. The number of nitrogens with zero attached hydrogens (tertiary/aromatic N) is 1. The number of fused-ring (bicyclic) bond motifs is 9. The van der Waals surface area contributed by atoms with Crippen molar-refractivity contribution in [1.82, 2.24) is 4.98 Å². The summed E-state index contributed by atoms with van der Waals surface area (Å²) in [4.78, 5) is 5.13. The molecule has 0 saturated carbocycles. The first-order chi connectivity index (χ1) is 24.3. The van der Waals surface area contributed by atoms with Crippen molar-refractivity contribution in [2.24, 2.45) is 0 Å². The van der Waals surface area contributed by atoms with Crippen LogP contribution in [-0.4, -0.2) is 4.98 Å². The largest absolute Gasteiger partial charge is 0.248 e. The molecule has 0 atom stereocenters. The predicted molar refractivity (Wildman–Crippen MR) is 211 cm³/mol. The lowest BCUT2D eigenvalue weighted by Crippen LogP contribution is -1.92. The second kappa shape index (κ2) is 11.3. The first kappa shape index (κ1) is 28.0. The molecule has 49 heavy (non-hydrogen) atoms. The highest BCUT2D eigenvalue weighted by Crippen LogP contribution is 2.43. The van der Waals surface area contributed by atoms with E-state index in [1.54, 1.807) is 0 Å². The minimum Gasteiger partial charge on any atom is -0.248 e. The number of hydrogen-bond acceptors (Lipinski definition) is 2. The van der Waals surface area contributed by atoms with E-state index in [4.69, 9.17) is 4.98 Å². The predicted octanol–water partition coefficient (Wildman–Crippen LogP) is 13.6. The molecule has 0 bridgehead atoms. The first-order valence-electron chi connectivity index (χ1n) is 16.7. The molecule has 10 rings (SSSR count). The first-order valence-corrected chi connectivity index (χ1v) is 17.5. The molecule has 2 heteroatoms. The SMILES string of the molecule is c1ccc(-c2cc(-c3ccc4c(c3)c3ccccc3c3cccc(-c5ccc6c(c5)sc5ccccc56)c34)cc(-c3ccccc3)n2)cc1. The topological polar surface area (TPSA) is 12.9 Å². The quantitative estimate of drug-likeness (QED) is 0.175. The van der Waals surface area contributed by atoms with Gasteiger partial charge in [-0.15, -0.1) is 11.3 Å². The fraction of sp³-hybridized carbons (Fsp3) is 0. The highest BCUT2D eigenvalue weighted by Gasteiger charge is 2.16. The van der Waals surface area contributed by atoms with Gasteiger partial charge >= 0.3 is 0 Å². The molecule has 0 fully saturated rings. The van der Waals surface area contributed by atoms with E-state index in [1.165, 1.54) is 69.2 Å². The van der Waals surface area contributed by atoms with Crippen molar-refractivity contribution in [2.45, 2.75) is 0 Å². The Labute approximate surface area is 288 Å². The average molecular weight is 640 g/mol. The molecule has 0 aliphatic rings.